The van der Waals surface area contributed by atoms with Gasteiger partial charge in [0.2, 0.25) is 0 Å². The average molecular weight is 267 g/mol. The van der Waals surface area contributed by atoms with Crippen molar-refractivity contribution in [3.8, 4) is 17.8 Å². The number of aromatic nitrogens is 1. The smallest absolute Gasteiger partial charge is 0.308 e. The fourth-order valence-electron chi connectivity index (χ4n) is 1.56. The maximum absolute atomic E-state index is 9.59. The molecule has 19 heavy (non-hydrogen) atoms. The Balaban J connectivity index is 2.33. The molecule has 1 heterocycles. The van der Waals surface area contributed by atoms with Gasteiger partial charge in [-0.05, 0) is 26.7 Å². The van der Waals surface area contributed by atoms with Crippen LogP contribution < -0.4 is 4.74 Å². The molecule has 0 aromatic carbocycles. The largest absolute Gasteiger partial charge is 0.464 e. The van der Waals surface area contributed by atoms with Crippen molar-refractivity contribution in [1.82, 2.24) is 4.98 Å². The maximum Gasteiger partial charge on any atom is 0.308 e. The van der Waals surface area contributed by atoms with Crippen LogP contribution in [0.3, 0.4) is 0 Å². The first-order valence-corrected chi connectivity index (χ1v) is 6.41. The van der Waals surface area contributed by atoms with Crippen LogP contribution in [0.2, 0.25) is 0 Å². The quantitative estimate of drug-likeness (QED) is 0.762. The van der Waals surface area contributed by atoms with E-state index in [2.05, 4.69) is 16.8 Å². The van der Waals surface area contributed by atoms with E-state index in [0.29, 0.717) is 37.9 Å². The van der Waals surface area contributed by atoms with Crippen molar-refractivity contribution >= 4 is 0 Å². The number of nitrogens with zero attached hydrogens (tertiary/aromatic N) is 1. The minimum Gasteiger partial charge on any atom is -0.464 e. The molecule has 0 amide bonds. The first-order chi connectivity index (χ1) is 9.17. The fraction of sp³-hybridized carbons (Fsp3) is 0.643. The Morgan fingerprint density at radius 1 is 1.47 bits per heavy atom. The Labute approximate surface area is 113 Å². The highest BCUT2D eigenvalue weighted by molar-refractivity contribution is 5.14. The van der Waals surface area contributed by atoms with E-state index in [1.54, 1.807) is 7.11 Å². The zero-order chi connectivity index (χ0) is 14.1. The Kier molecular flexibility index (Phi) is 7.01. The normalized spacial score (nSPS) is 11.8. The molecule has 1 aromatic rings. The van der Waals surface area contributed by atoms with Gasteiger partial charge in [-0.15, -0.1) is 0 Å². The van der Waals surface area contributed by atoms with Crippen LogP contribution in [-0.4, -0.2) is 36.5 Å². The molecule has 0 fully saturated rings. The Hall–Kier alpha value is -1.51. The molecule has 1 N–H and O–H groups in total. The monoisotopic (exact) mass is 267 g/mol. The number of aliphatic hydroxyl groups excluding tert-OH is 1. The van der Waals surface area contributed by atoms with E-state index in [4.69, 9.17) is 13.9 Å². The Bertz CT molecular complexity index is 430. The van der Waals surface area contributed by atoms with E-state index in [1.807, 2.05) is 13.8 Å². The highest BCUT2D eigenvalue weighted by Gasteiger charge is 2.10. The Morgan fingerprint density at radius 2 is 2.26 bits per heavy atom. The molecular formula is C14H21NO4. The number of hydrogen-bond donors (Lipinski definition) is 1. The van der Waals surface area contributed by atoms with E-state index in [-0.39, 0.29) is 0 Å². The number of ether oxygens (including phenoxy) is 2. The molecule has 1 atom stereocenters. The van der Waals surface area contributed by atoms with Crippen molar-refractivity contribution in [3.05, 3.63) is 11.6 Å². The number of rotatable bonds is 7. The SMILES string of the molecule is CCOc1oc(CCCC(O)C#CCOC)nc1C. The standard InChI is InChI=1S/C14H21NO4/c1-4-18-14-11(2)15-13(19-14)9-5-7-12(16)8-6-10-17-3/h12,16H,4-5,7,9-10H2,1-3H3. The van der Waals surface area contributed by atoms with Gasteiger partial charge in [-0.25, -0.2) is 4.98 Å². The minimum atomic E-state index is -0.627. The second-order valence-electron chi connectivity index (χ2n) is 4.08. The van der Waals surface area contributed by atoms with Crippen molar-refractivity contribution in [2.75, 3.05) is 20.3 Å². The molecule has 0 aliphatic heterocycles. The summed E-state index contributed by atoms with van der Waals surface area (Å²) in [4.78, 5) is 4.27. The number of hydrogen-bond acceptors (Lipinski definition) is 5. The lowest BCUT2D eigenvalue weighted by molar-refractivity contribution is 0.213. The van der Waals surface area contributed by atoms with Gasteiger partial charge in [0.25, 0.3) is 0 Å². The molecule has 0 aliphatic rings. The molecule has 0 aliphatic carbocycles. The molecule has 0 saturated carbocycles. The number of aliphatic hydroxyl groups is 1. The predicted octanol–water partition coefficient (Wildman–Crippen LogP) is 1.72. The summed E-state index contributed by atoms with van der Waals surface area (Å²) < 4.78 is 15.5. The van der Waals surface area contributed by atoms with Crippen molar-refractivity contribution in [1.29, 1.82) is 0 Å². The summed E-state index contributed by atoms with van der Waals surface area (Å²) >= 11 is 0. The third-order valence-corrected chi connectivity index (χ3v) is 2.43. The van der Waals surface area contributed by atoms with E-state index in [0.717, 1.165) is 12.1 Å². The fourth-order valence-corrected chi connectivity index (χ4v) is 1.56. The van der Waals surface area contributed by atoms with Crippen molar-refractivity contribution in [2.24, 2.45) is 0 Å². The summed E-state index contributed by atoms with van der Waals surface area (Å²) in [5.74, 6) is 6.56. The minimum absolute atomic E-state index is 0.341. The molecule has 0 saturated heterocycles. The molecule has 1 aromatic heterocycles. The third kappa shape index (κ3) is 5.77. The van der Waals surface area contributed by atoms with Crippen LogP contribution in [-0.2, 0) is 11.2 Å². The lowest BCUT2D eigenvalue weighted by Gasteiger charge is -2.01. The Morgan fingerprint density at radius 3 is 2.95 bits per heavy atom. The van der Waals surface area contributed by atoms with Gasteiger partial charge in [-0.3, -0.25) is 0 Å². The van der Waals surface area contributed by atoms with E-state index < -0.39 is 6.10 Å². The van der Waals surface area contributed by atoms with Gasteiger partial charge in [0.05, 0.1) is 6.61 Å². The molecule has 106 valence electrons. The lowest BCUT2D eigenvalue weighted by Crippen LogP contribution is -2.04. The van der Waals surface area contributed by atoms with Crippen molar-refractivity contribution in [2.45, 2.75) is 39.2 Å². The highest BCUT2D eigenvalue weighted by Crippen LogP contribution is 2.20. The first-order valence-electron chi connectivity index (χ1n) is 6.41. The number of methoxy groups -OCH3 is 1. The second kappa shape index (κ2) is 8.57. The van der Waals surface area contributed by atoms with E-state index in [1.165, 1.54) is 0 Å². The van der Waals surface area contributed by atoms with Gasteiger partial charge in [0.1, 0.15) is 18.4 Å². The zero-order valence-electron chi connectivity index (χ0n) is 11.7. The van der Waals surface area contributed by atoms with Gasteiger partial charge in [-0.1, -0.05) is 11.8 Å². The molecule has 0 spiro atoms. The summed E-state index contributed by atoms with van der Waals surface area (Å²) in [5, 5.41) is 9.59. The topological polar surface area (TPSA) is 64.7 Å². The average Bonchev–Trinajstić information content (AvgIpc) is 2.71. The summed E-state index contributed by atoms with van der Waals surface area (Å²) in [6.45, 7) is 4.65. The van der Waals surface area contributed by atoms with Crippen LogP contribution in [0, 0.1) is 18.8 Å². The molecule has 5 heteroatoms. The van der Waals surface area contributed by atoms with E-state index >= 15 is 0 Å². The van der Waals surface area contributed by atoms with Crippen LogP contribution in [0.15, 0.2) is 4.42 Å². The van der Waals surface area contributed by atoms with Crippen LogP contribution in [0.25, 0.3) is 0 Å². The van der Waals surface area contributed by atoms with Crippen LogP contribution >= 0.6 is 0 Å². The van der Waals surface area contributed by atoms with Gasteiger partial charge in [0, 0.05) is 13.5 Å². The molecule has 1 unspecified atom stereocenters. The predicted molar refractivity (Wildman–Crippen MR) is 71.0 cm³/mol. The molecule has 0 bridgehead atoms. The van der Waals surface area contributed by atoms with Gasteiger partial charge in [-0.2, -0.15) is 0 Å². The second-order valence-corrected chi connectivity index (χ2v) is 4.08. The molecule has 5 nitrogen and oxygen atoms in total. The molecule has 1 rings (SSSR count). The zero-order valence-corrected chi connectivity index (χ0v) is 11.7. The van der Waals surface area contributed by atoms with Crippen molar-refractivity contribution < 1.29 is 19.0 Å². The third-order valence-electron chi connectivity index (χ3n) is 2.43. The number of aryl methyl sites for hydroxylation is 2. The summed E-state index contributed by atoms with van der Waals surface area (Å²) in [6.07, 6.45) is 1.38. The van der Waals surface area contributed by atoms with Crippen molar-refractivity contribution in [3.63, 3.8) is 0 Å². The van der Waals surface area contributed by atoms with E-state index in [9.17, 15) is 5.11 Å². The molecular weight excluding hydrogens is 246 g/mol. The summed E-state index contributed by atoms with van der Waals surface area (Å²) in [6, 6.07) is 0. The molecule has 0 radical (unpaired) electrons. The number of oxazole rings is 1. The summed E-state index contributed by atoms with van der Waals surface area (Å²) in [5.41, 5.74) is 0.761. The maximum atomic E-state index is 9.59. The highest BCUT2D eigenvalue weighted by atomic mass is 16.6. The van der Waals surface area contributed by atoms with Crippen LogP contribution in [0.1, 0.15) is 31.4 Å². The summed E-state index contributed by atoms with van der Waals surface area (Å²) in [7, 11) is 1.57. The van der Waals surface area contributed by atoms with Gasteiger partial charge < -0.3 is 19.0 Å². The lowest BCUT2D eigenvalue weighted by atomic mass is 10.1. The van der Waals surface area contributed by atoms with Crippen LogP contribution in [0.5, 0.6) is 5.95 Å². The van der Waals surface area contributed by atoms with Crippen LogP contribution in [0.4, 0.5) is 0 Å². The van der Waals surface area contributed by atoms with Gasteiger partial charge >= 0.3 is 5.95 Å². The van der Waals surface area contributed by atoms with Gasteiger partial charge in [0.15, 0.2) is 5.89 Å². The first kappa shape index (κ1) is 15.5.